The SMILES string of the molecule is CS(=O)(=O)N(Cc1ccccc1)c1cccc(C(=O)CCl)c1. The smallest absolute Gasteiger partial charge is 0.232 e. The molecule has 116 valence electrons. The van der Waals surface area contributed by atoms with Crippen LogP contribution in [0.15, 0.2) is 54.6 Å². The van der Waals surface area contributed by atoms with Crippen LogP contribution in [0.3, 0.4) is 0 Å². The van der Waals surface area contributed by atoms with Crippen LogP contribution in [0.1, 0.15) is 15.9 Å². The van der Waals surface area contributed by atoms with Crippen molar-refractivity contribution in [2.45, 2.75) is 6.54 Å². The predicted molar refractivity (Wildman–Crippen MR) is 89.0 cm³/mol. The Balaban J connectivity index is 2.40. The minimum absolute atomic E-state index is 0.138. The first-order chi connectivity index (χ1) is 10.4. The molecule has 0 saturated carbocycles. The summed E-state index contributed by atoms with van der Waals surface area (Å²) >= 11 is 5.56. The van der Waals surface area contributed by atoms with Crippen molar-refractivity contribution in [3.8, 4) is 0 Å². The zero-order chi connectivity index (χ0) is 16.2. The maximum Gasteiger partial charge on any atom is 0.232 e. The van der Waals surface area contributed by atoms with Crippen molar-refractivity contribution in [2.75, 3.05) is 16.4 Å². The Labute approximate surface area is 135 Å². The van der Waals surface area contributed by atoms with Crippen LogP contribution < -0.4 is 4.31 Å². The number of alkyl halides is 1. The zero-order valence-electron chi connectivity index (χ0n) is 12.1. The summed E-state index contributed by atoms with van der Waals surface area (Å²) in [5, 5.41) is 0. The molecule has 2 rings (SSSR count). The number of hydrogen-bond acceptors (Lipinski definition) is 3. The van der Waals surface area contributed by atoms with E-state index in [2.05, 4.69) is 0 Å². The van der Waals surface area contributed by atoms with Crippen LogP contribution in [0, 0.1) is 0 Å². The predicted octanol–water partition coefficient (Wildman–Crippen LogP) is 3.07. The molecule has 2 aromatic rings. The lowest BCUT2D eigenvalue weighted by molar-refractivity contribution is 0.102. The average molecular weight is 338 g/mol. The maximum atomic E-state index is 12.1. The van der Waals surface area contributed by atoms with Gasteiger partial charge in [0.15, 0.2) is 5.78 Å². The summed E-state index contributed by atoms with van der Waals surface area (Å²) in [5.41, 5.74) is 1.71. The highest BCUT2D eigenvalue weighted by molar-refractivity contribution is 7.92. The Morgan fingerprint density at radius 2 is 1.77 bits per heavy atom. The zero-order valence-corrected chi connectivity index (χ0v) is 13.6. The van der Waals surface area contributed by atoms with Crippen molar-refractivity contribution in [3.05, 3.63) is 65.7 Å². The summed E-state index contributed by atoms with van der Waals surface area (Å²) in [6, 6.07) is 15.8. The third-order valence-electron chi connectivity index (χ3n) is 3.15. The lowest BCUT2D eigenvalue weighted by atomic mass is 10.1. The van der Waals surface area contributed by atoms with Crippen molar-refractivity contribution in [3.63, 3.8) is 0 Å². The lowest BCUT2D eigenvalue weighted by Crippen LogP contribution is -2.29. The van der Waals surface area contributed by atoms with Crippen LogP contribution in [-0.4, -0.2) is 26.3 Å². The Morgan fingerprint density at radius 3 is 2.36 bits per heavy atom. The Kier molecular flexibility index (Phi) is 5.21. The van der Waals surface area contributed by atoms with E-state index in [1.54, 1.807) is 24.3 Å². The van der Waals surface area contributed by atoms with Crippen LogP contribution in [-0.2, 0) is 16.6 Å². The van der Waals surface area contributed by atoms with Gasteiger partial charge in [0.2, 0.25) is 10.0 Å². The largest absolute Gasteiger partial charge is 0.293 e. The van der Waals surface area contributed by atoms with Gasteiger partial charge in [-0.2, -0.15) is 0 Å². The Bertz CT molecular complexity index is 760. The number of nitrogens with zero attached hydrogens (tertiary/aromatic N) is 1. The molecule has 0 amide bonds. The third kappa shape index (κ3) is 4.08. The van der Waals surface area contributed by atoms with Crippen molar-refractivity contribution >= 4 is 33.1 Å². The highest BCUT2D eigenvalue weighted by Gasteiger charge is 2.19. The minimum atomic E-state index is -3.48. The lowest BCUT2D eigenvalue weighted by Gasteiger charge is -2.23. The summed E-state index contributed by atoms with van der Waals surface area (Å²) in [5.74, 6) is -0.377. The molecule has 0 radical (unpaired) electrons. The number of carbonyl (C=O) groups is 1. The summed E-state index contributed by atoms with van der Waals surface area (Å²) < 4.78 is 25.5. The quantitative estimate of drug-likeness (QED) is 0.601. The van der Waals surface area contributed by atoms with E-state index in [9.17, 15) is 13.2 Å². The van der Waals surface area contributed by atoms with Crippen molar-refractivity contribution in [1.29, 1.82) is 0 Å². The van der Waals surface area contributed by atoms with Crippen molar-refractivity contribution in [1.82, 2.24) is 0 Å². The number of rotatable bonds is 6. The fourth-order valence-corrected chi connectivity index (χ4v) is 3.10. The first-order valence-electron chi connectivity index (χ1n) is 6.62. The molecule has 0 aliphatic heterocycles. The first kappa shape index (κ1) is 16.5. The van der Waals surface area contributed by atoms with E-state index in [-0.39, 0.29) is 18.2 Å². The van der Waals surface area contributed by atoms with Crippen LogP contribution in [0.2, 0.25) is 0 Å². The number of hydrogen-bond donors (Lipinski definition) is 0. The van der Waals surface area contributed by atoms with Gasteiger partial charge in [0, 0.05) is 5.56 Å². The molecule has 6 heteroatoms. The topological polar surface area (TPSA) is 54.5 Å². The number of halogens is 1. The number of sulfonamides is 1. The monoisotopic (exact) mass is 337 g/mol. The molecule has 0 aromatic heterocycles. The van der Waals surface area contributed by atoms with Gasteiger partial charge in [-0.1, -0.05) is 42.5 Å². The van der Waals surface area contributed by atoms with Crippen molar-refractivity contribution in [2.24, 2.45) is 0 Å². The van der Waals surface area contributed by atoms with Crippen LogP contribution in [0.4, 0.5) is 5.69 Å². The summed E-state index contributed by atoms with van der Waals surface area (Å²) in [7, 11) is -3.48. The fourth-order valence-electron chi connectivity index (χ4n) is 2.06. The molecule has 0 fully saturated rings. The number of carbonyl (C=O) groups excluding carboxylic acids is 1. The van der Waals surface area contributed by atoms with E-state index in [1.807, 2.05) is 30.3 Å². The fraction of sp³-hybridized carbons (Fsp3) is 0.188. The molecular weight excluding hydrogens is 322 g/mol. The van der Waals surface area contributed by atoms with E-state index >= 15 is 0 Å². The van der Waals surface area contributed by atoms with Crippen molar-refractivity contribution < 1.29 is 13.2 Å². The molecule has 0 unspecified atom stereocenters. The van der Waals surface area contributed by atoms with Crippen LogP contribution in [0.25, 0.3) is 0 Å². The molecule has 0 bridgehead atoms. The molecule has 0 aliphatic carbocycles. The van der Waals surface area contributed by atoms with Gasteiger partial charge in [0.25, 0.3) is 0 Å². The average Bonchev–Trinajstić information content (AvgIpc) is 2.52. The minimum Gasteiger partial charge on any atom is -0.293 e. The molecule has 2 aromatic carbocycles. The second kappa shape index (κ2) is 6.94. The van der Waals surface area contributed by atoms with Gasteiger partial charge in [0.1, 0.15) is 0 Å². The number of benzene rings is 2. The summed E-state index contributed by atoms with van der Waals surface area (Å²) in [6.07, 6.45) is 1.14. The van der Waals surface area contributed by atoms with Crippen LogP contribution in [0.5, 0.6) is 0 Å². The van der Waals surface area contributed by atoms with Gasteiger partial charge in [-0.3, -0.25) is 9.10 Å². The van der Waals surface area contributed by atoms with Gasteiger partial charge in [-0.05, 0) is 17.7 Å². The maximum absolute atomic E-state index is 12.1. The molecule has 4 nitrogen and oxygen atoms in total. The normalized spacial score (nSPS) is 11.2. The molecule has 0 aliphatic rings. The number of anilines is 1. The van der Waals surface area contributed by atoms with Gasteiger partial charge in [0.05, 0.1) is 24.4 Å². The highest BCUT2D eigenvalue weighted by Crippen LogP contribution is 2.22. The van der Waals surface area contributed by atoms with E-state index in [1.165, 1.54) is 4.31 Å². The van der Waals surface area contributed by atoms with Gasteiger partial charge < -0.3 is 0 Å². The number of ketones is 1. The van der Waals surface area contributed by atoms with Crippen LogP contribution >= 0.6 is 11.6 Å². The molecule has 0 heterocycles. The van der Waals surface area contributed by atoms with Gasteiger partial charge >= 0.3 is 0 Å². The summed E-state index contributed by atoms with van der Waals surface area (Å²) in [4.78, 5) is 11.7. The molecular formula is C16H16ClNO3S. The molecule has 22 heavy (non-hydrogen) atoms. The highest BCUT2D eigenvalue weighted by atomic mass is 35.5. The Morgan fingerprint density at radius 1 is 1.09 bits per heavy atom. The second-order valence-corrected chi connectivity index (χ2v) is 7.04. The molecule has 0 saturated heterocycles. The van der Waals surface area contributed by atoms with Gasteiger partial charge in [-0.15, -0.1) is 11.6 Å². The van der Waals surface area contributed by atoms with E-state index in [0.29, 0.717) is 11.3 Å². The summed E-state index contributed by atoms with van der Waals surface area (Å²) in [6.45, 7) is 0.207. The van der Waals surface area contributed by atoms with E-state index in [4.69, 9.17) is 11.6 Å². The van der Waals surface area contributed by atoms with E-state index < -0.39 is 10.0 Å². The first-order valence-corrected chi connectivity index (χ1v) is 9.01. The molecule has 0 spiro atoms. The Hall–Kier alpha value is -1.85. The number of Topliss-reactive ketones (excluding diaryl/α,β-unsaturated/α-hetero) is 1. The van der Waals surface area contributed by atoms with E-state index in [0.717, 1.165) is 11.8 Å². The molecule has 0 atom stereocenters. The third-order valence-corrected chi connectivity index (χ3v) is 4.53. The standard InChI is InChI=1S/C16H16ClNO3S/c1-22(20,21)18(12-13-6-3-2-4-7-13)15-9-5-8-14(10-15)16(19)11-17/h2-10H,11-12H2,1H3. The van der Waals surface area contributed by atoms with Gasteiger partial charge in [-0.25, -0.2) is 8.42 Å². The second-order valence-electron chi connectivity index (χ2n) is 4.86. The molecule has 0 N–H and O–H groups in total.